The lowest BCUT2D eigenvalue weighted by Gasteiger charge is -2.19. The number of alkyl halides is 5. The largest absolute Gasteiger partial charge is 0.471 e. The van der Waals surface area contributed by atoms with Gasteiger partial charge in [0.1, 0.15) is 5.82 Å². The summed E-state index contributed by atoms with van der Waals surface area (Å²) in [7, 11) is 0. The van der Waals surface area contributed by atoms with Crippen LogP contribution >= 0.6 is 0 Å². The van der Waals surface area contributed by atoms with Crippen molar-refractivity contribution in [2.45, 2.75) is 37.9 Å². The van der Waals surface area contributed by atoms with Gasteiger partial charge in [0.25, 0.3) is 5.91 Å². The predicted octanol–water partition coefficient (Wildman–Crippen LogP) is 3.89. The van der Waals surface area contributed by atoms with E-state index in [0.29, 0.717) is 11.4 Å². The minimum absolute atomic E-state index is 0.0109. The number of rotatable bonds is 8. The molecule has 0 saturated heterocycles. The van der Waals surface area contributed by atoms with Crippen LogP contribution in [0, 0.1) is 5.92 Å². The highest BCUT2D eigenvalue weighted by molar-refractivity contribution is 5.94. The molecule has 1 atom stereocenters. The maximum atomic E-state index is 12.9. The summed E-state index contributed by atoms with van der Waals surface area (Å²) < 4.78 is 66.7. The van der Waals surface area contributed by atoms with Crippen molar-refractivity contribution < 1.29 is 36.3 Å². The molecule has 7 nitrogen and oxygen atoms in total. The quantitative estimate of drug-likeness (QED) is 0.586. The Morgan fingerprint density at radius 2 is 1.88 bits per heavy atom. The molecule has 0 bridgehead atoms. The first kappa shape index (κ1) is 23.4. The van der Waals surface area contributed by atoms with Gasteiger partial charge in [-0.3, -0.25) is 9.59 Å². The third-order valence-electron chi connectivity index (χ3n) is 4.65. The van der Waals surface area contributed by atoms with E-state index in [2.05, 4.69) is 25.3 Å². The van der Waals surface area contributed by atoms with Crippen LogP contribution in [-0.2, 0) is 4.79 Å². The summed E-state index contributed by atoms with van der Waals surface area (Å²) in [5.74, 6) is -5.80. The standard InChI is InChI=1S/C20H19F5N4O3/c1-11(13-6-7-26-15(8-13)29-17(30)12-2-3-12)28-18(31)14-4-5-16(27-9-14)32-10-19(21,22)20(23,24)25/h4-9,11-12H,2-3,10H2,1H3,(H,28,31)(H,26,29,30). The molecule has 0 aromatic carbocycles. The molecule has 0 radical (unpaired) electrons. The predicted molar refractivity (Wildman–Crippen MR) is 102 cm³/mol. The number of carbonyl (C=O) groups excluding carboxylic acids is 2. The van der Waals surface area contributed by atoms with Crippen molar-refractivity contribution in [2.75, 3.05) is 11.9 Å². The molecule has 172 valence electrons. The highest BCUT2D eigenvalue weighted by atomic mass is 19.4. The van der Waals surface area contributed by atoms with Crippen LogP contribution in [0.2, 0.25) is 0 Å². The molecule has 2 N–H and O–H groups in total. The number of carbonyl (C=O) groups is 2. The molecule has 32 heavy (non-hydrogen) atoms. The van der Waals surface area contributed by atoms with E-state index in [1.165, 1.54) is 12.3 Å². The molecule has 2 aromatic heterocycles. The number of nitrogens with zero attached hydrogens (tertiary/aromatic N) is 2. The van der Waals surface area contributed by atoms with Crippen molar-refractivity contribution in [3.8, 4) is 5.88 Å². The number of halogens is 5. The van der Waals surface area contributed by atoms with Gasteiger partial charge in [0.05, 0.1) is 11.6 Å². The SMILES string of the molecule is CC(NC(=O)c1ccc(OCC(F)(F)C(F)(F)F)nc1)c1ccnc(NC(=O)C2CC2)c1. The van der Waals surface area contributed by atoms with Crippen molar-refractivity contribution >= 4 is 17.6 Å². The molecular weight excluding hydrogens is 439 g/mol. The van der Waals surface area contributed by atoms with Crippen molar-refractivity contribution in [3.63, 3.8) is 0 Å². The fourth-order valence-electron chi connectivity index (χ4n) is 2.57. The Morgan fingerprint density at radius 3 is 2.47 bits per heavy atom. The smallest absolute Gasteiger partial charge is 0.456 e. The van der Waals surface area contributed by atoms with Crippen LogP contribution in [0.5, 0.6) is 5.88 Å². The van der Waals surface area contributed by atoms with Gasteiger partial charge < -0.3 is 15.4 Å². The molecule has 0 aliphatic heterocycles. The van der Waals surface area contributed by atoms with Crippen molar-refractivity contribution in [1.29, 1.82) is 0 Å². The number of ether oxygens (including phenoxy) is 1. The summed E-state index contributed by atoms with van der Waals surface area (Å²) in [5, 5.41) is 5.41. The first-order valence-electron chi connectivity index (χ1n) is 9.57. The fourth-order valence-corrected chi connectivity index (χ4v) is 2.57. The van der Waals surface area contributed by atoms with Crippen molar-refractivity contribution in [1.82, 2.24) is 15.3 Å². The van der Waals surface area contributed by atoms with Crippen LogP contribution < -0.4 is 15.4 Å². The second kappa shape index (κ2) is 9.05. The molecule has 12 heteroatoms. The van der Waals surface area contributed by atoms with E-state index in [1.807, 2.05) is 0 Å². The molecule has 1 aliphatic carbocycles. The van der Waals surface area contributed by atoms with E-state index in [9.17, 15) is 31.5 Å². The Labute approximate surface area is 179 Å². The summed E-state index contributed by atoms with van der Waals surface area (Å²) in [6, 6.07) is 5.01. The second-order valence-corrected chi connectivity index (χ2v) is 7.31. The van der Waals surface area contributed by atoms with Crippen LogP contribution in [0.1, 0.15) is 41.7 Å². The van der Waals surface area contributed by atoms with Gasteiger partial charge in [0.15, 0.2) is 6.61 Å². The maximum absolute atomic E-state index is 12.9. The van der Waals surface area contributed by atoms with Gasteiger partial charge in [-0.2, -0.15) is 22.0 Å². The molecule has 3 rings (SSSR count). The van der Waals surface area contributed by atoms with E-state index >= 15 is 0 Å². The summed E-state index contributed by atoms with van der Waals surface area (Å²) in [6.07, 6.45) is -1.56. The zero-order valence-electron chi connectivity index (χ0n) is 16.7. The molecule has 1 unspecified atom stereocenters. The lowest BCUT2D eigenvalue weighted by Crippen LogP contribution is -2.41. The Morgan fingerprint density at radius 1 is 1.16 bits per heavy atom. The molecule has 1 saturated carbocycles. The monoisotopic (exact) mass is 458 g/mol. The molecule has 2 amide bonds. The Hall–Kier alpha value is -3.31. The highest BCUT2D eigenvalue weighted by Gasteiger charge is 2.58. The van der Waals surface area contributed by atoms with Gasteiger partial charge in [0.2, 0.25) is 11.8 Å². The van der Waals surface area contributed by atoms with Gasteiger partial charge in [-0.15, -0.1) is 0 Å². The van der Waals surface area contributed by atoms with Crippen LogP contribution in [0.4, 0.5) is 27.8 Å². The van der Waals surface area contributed by atoms with Gasteiger partial charge in [-0.25, -0.2) is 9.97 Å². The van der Waals surface area contributed by atoms with Gasteiger partial charge >= 0.3 is 12.1 Å². The molecule has 0 spiro atoms. The third-order valence-corrected chi connectivity index (χ3v) is 4.65. The van der Waals surface area contributed by atoms with Gasteiger partial charge in [0, 0.05) is 24.4 Å². The minimum atomic E-state index is -5.74. The number of pyridine rings is 2. The lowest BCUT2D eigenvalue weighted by atomic mass is 10.1. The summed E-state index contributed by atoms with van der Waals surface area (Å²) in [5.41, 5.74) is 0.713. The van der Waals surface area contributed by atoms with Crippen LogP contribution in [0.15, 0.2) is 36.7 Å². The zero-order valence-corrected chi connectivity index (χ0v) is 16.7. The average molecular weight is 458 g/mol. The van der Waals surface area contributed by atoms with Gasteiger partial charge in [-0.1, -0.05) is 0 Å². The lowest BCUT2D eigenvalue weighted by molar-refractivity contribution is -0.290. The summed E-state index contributed by atoms with van der Waals surface area (Å²) >= 11 is 0. The normalized spacial score (nSPS) is 15.1. The number of hydrogen-bond donors (Lipinski definition) is 2. The van der Waals surface area contributed by atoms with E-state index in [0.717, 1.165) is 25.1 Å². The van der Waals surface area contributed by atoms with E-state index in [4.69, 9.17) is 0 Å². The van der Waals surface area contributed by atoms with Crippen LogP contribution in [0.25, 0.3) is 0 Å². The Bertz CT molecular complexity index is 978. The van der Waals surface area contributed by atoms with E-state index in [1.54, 1.807) is 19.1 Å². The minimum Gasteiger partial charge on any atom is -0.471 e. The summed E-state index contributed by atoms with van der Waals surface area (Å²) in [4.78, 5) is 31.9. The number of amides is 2. The number of anilines is 1. The van der Waals surface area contributed by atoms with E-state index < -0.39 is 36.5 Å². The molecular formula is C20H19F5N4O3. The van der Waals surface area contributed by atoms with Gasteiger partial charge in [-0.05, 0) is 43.5 Å². The first-order chi connectivity index (χ1) is 15.0. The number of hydrogen-bond acceptors (Lipinski definition) is 5. The number of aromatic nitrogens is 2. The highest BCUT2D eigenvalue weighted by Crippen LogP contribution is 2.35. The summed E-state index contributed by atoms with van der Waals surface area (Å²) in [6.45, 7) is -0.225. The second-order valence-electron chi connectivity index (χ2n) is 7.31. The topological polar surface area (TPSA) is 93.2 Å². The van der Waals surface area contributed by atoms with Crippen LogP contribution in [0.3, 0.4) is 0 Å². The zero-order chi connectivity index (χ0) is 23.5. The number of nitrogens with one attached hydrogen (secondary N) is 2. The van der Waals surface area contributed by atoms with Crippen LogP contribution in [-0.4, -0.2) is 40.5 Å². The van der Waals surface area contributed by atoms with Crippen molar-refractivity contribution in [2.24, 2.45) is 5.92 Å². The molecule has 1 fully saturated rings. The molecule has 2 heterocycles. The van der Waals surface area contributed by atoms with E-state index in [-0.39, 0.29) is 17.4 Å². The van der Waals surface area contributed by atoms with Crippen molar-refractivity contribution in [3.05, 3.63) is 47.8 Å². The first-order valence-corrected chi connectivity index (χ1v) is 9.57. The fraction of sp³-hybridized carbons (Fsp3) is 0.400. The third kappa shape index (κ3) is 5.89. The molecule has 2 aromatic rings. The maximum Gasteiger partial charge on any atom is 0.456 e. The molecule has 1 aliphatic rings. The Balaban J connectivity index is 1.56. The average Bonchev–Trinajstić information content (AvgIpc) is 3.57. The Kier molecular flexibility index (Phi) is 6.60.